The Hall–Kier alpha value is -2.01. The predicted octanol–water partition coefficient (Wildman–Crippen LogP) is 4.58. The standard InChI is InChI=1S/C15H12F2N2S/c1-8-3-6-12-11(7-8)18-15(20)19(12)14-10(16)5-4-9(2)13(14)17/h3-7H,1-2H3,(H,18,20). The number of rotatable bonds is 1. The van der Waals surface area contributed by atoms with Crippen LogP contribution in [0.15, 0.2) is 30.3 Å². The van der Waals surface area contributed by atoms with Crippen LogP contribution in [-0.4, -0.2) is 9.55 Å². The summed E-state index contributed by atoms with van der Waals surface area (Å²) in [6, 6.07) is 8.25. The summed E-state index contributed by atoms with van der Waals surface area (Å²) >= 11 is 5.21. The molecular formula is C15H12F2N2S. The van der Waals surface area contributed by atoms with Crippen molar-refractivity contribution in [1.82, 2.24) is 9.55 Å². The average Bonchev–Trinajstić information content (AvgIpc) is 2.70. The van der Waals surface area contributed by atoms with Crippen LogP contribution in [0.25, 0.3) is 16.7 Å². The van der Waals surface area contributed by atoms with Crippen LogP contribution in [0.3, 0.4) is 0 Å². The van der Waals surface area contributed by atoms with Crippen molar-refractivity contribution in [1.29, 1.82) is 0 Å². The summed E-state index contributed by atoms with van der Waals surface area (Å²) in [4.78, 5) is 2.98. The first-order valence-corrected chi connectivity index (χ1v) is 6.56. The zero-order chi connectivity index (χ0) is 14.4. The highest BCUT2D eigenvalue weighted by molar-refractivity contribution is 7.71. The minimum Gasteiger partial charge on any atom is -0.330 e. The van der Waals surface area contributed by atoms with Crippen molar-refractivity contribution in [3.63, 3.8) is 0 Å². The van der Waals surface area contributed by atoms with Crippen LogP contribution in [0.5, 0.6) is 0 Å². The van der Waals surface area contributed by atoms with Crippen molar-refractivity contribution < 1.29 is 8.78 Å². The second-order valence-electron chi connectivity index (χ2n) is 4.81. The van der Waals surface area contributed by atoms with Crippen molar-refractivity contribution in [3.05, 3.63) is 57.9 Å². The number of imidazole rings is 1. The number of hydrogen-bond donors (Lipinski definition) is 1. The lowest BCUT2D eigenvalue weighted by Gasteiger charge is -2.09. The van der Waals surface area contributed by atoms with Crippen LogP contribution in [0.4, 0.5) is 8.78 Å². The maximum atomic E-state index is 14.3. The van der Waals surface area contributed by atoms with Crippen LogP contribution in [0, 0.1) is 30.3 Å². The summed E-state index contributed by atoms with van der Waals surface area (Å²) in [5.74, 6) is -1.23. The van der Waals surface area contributed by atoms with Gasteiger partial charge in [-0.15, -0.1) is 0 Å². The highest BCUT2D eigenvalue weighted by Gasteiger charge is 2.17. The van der Waals surface area contributed by atoms with Crippen molar-refractivity contribution in [2.24, 2.45) is 0 Å². The molecule has 0 saturated heterocycles. The molecule has 0 atom stereocenters. The van der Waals surface area contributed by atoms with E-state index in [1.165, 1.54) is 16.7 Å². The number of hydrogen-bond acceptors (Lipinski definition) is 1. The van der Waals surface area contributed by atoms with Crippen LogP contribution in [0.1, 0.15) is 11.1 Å². The van der Waals surface area contributed by atoms with Crippen LogP contribution in [0.2, 0.25) is 0 Å². The third-order valence-electron chi connectivity index (χ3n) is 3.32. The topological polar surface area (TPSA) is 20.7 Å². The fourth-order valence-corrected chi connectivity index (χ4v) is 2.59. The molecule has 3 aromatic rings. The fourth-order valence-electron chi connectivity index (χ4n) is 2.29. The van der Waals surface area contributed by atoms with Crippen LogP contribution < -0.4 is 0 Å². The number of H-pyrrole nitrogens is 1. The molecule has 0 spiro atoms. The second kappa shape index (κ2) is 4.52. The van der Waals surface area contributed by atoms with E-state index in [2.05, 4.69) is 4.98 Å². The van der Waals surface area contributed by atoms with E-state index < -0.39 is 11.6 Å². The zero-order valence-electron chi connectivity index (χ0n) is 11.0. The van der Waals surface area contributed by atoms with E-state index in [0.717, 1.165) is 11.1 Å². The smallest absolute Gasteiger partial charge is 0.182 e. The van der Waals surface area contributed by atoms with Gasteiger partial charge in [-0.3, -0.25) is 4.57 Å². The normalized spacial score (nSPS) is 11.2. The van der Waals surface area contributed by atoms with Crippen molar-refractivity contribution >= 4 is 23.3 Å². The number of aromatic amines is 1. The van der Waals surface area contributed by atoms with Gasteiger partial charge in [-0.1, -0.05) is 12.1 Å². The summed E-state index contributed by atoms with van der Waals surface area (Å²) in [5.41, 5.74) is 2.71. The molecule has 0 saturated carbocycles. The first-order valence-electron chi connectivity index (χ1n) is 6.15. The lowest BCUT2D eigenvalue weighted by Crippen LogP contribution is -2.03. The Morgan fingerprint density at radius 3 is 2.60 bits per heavy atom. The van der Waals surface area contributed by atoms with E-state index in [4.69, 9.17) is 12.2 Å². The maximum absolute atomic E-state index is 14.3. The number of nitrogens with zero attached hydrogens (tertiary/aromatic N) is 1. The fraction of sp³-hybridized carbons (Fsp3) is 0.133. The van der Waals surface area contributed by atoms with Crippen LogP contribution >= 0.6 is 12.2 Å². The van der Waals surface area contributed by atoms with Crippen molar-refractivity contribution in [2.45, 2.75) is 13.8 Å². The minimum absolute atomic E-state index is 0.134. The zero-order valence-corrected chi connectivity index (χ0v) is 11.8. The molecule has 20 heavy (non-hydrogen) atoms. The molecule has 2 aromatic carbocycles. The SMILES string of the molecule is Cc1ccc2c(c1)[nH]c(=S)n2-c1c(F)ccc(C)c1F. The Morgan fingerprint density at radius 2 is 1.85 bits per heavy atom. The van der Waals surface area contributed by atoms with Gasteiger partial charge in [0.25, 0.3) is 0 Å². The first kappa shape index (κ1) is 13.0. The Morgan fingerprint density at radius 1 is 1.10 bits per heavy atom. The van der Waals surface area contributed by atoms with Gasteiger partial charge < -0.3 is 4.98 Å². The Bertz CT molecular complexity index is 877. The number of aryl methyl sites for hydroxylation is 2. The molecule has 0 fully saturated rings. The third kappa shape index (κ3) is 1.86. The molecule has 5 heteroatoms. The summed E-state index contributed by atoms with van der Waals surface area (Å²) in [7, 11) is 0. The van der Waals surface area contributed by atoms with Gasteiger partial charge in [0.15, 0.2) is 10.6 Å². The summed E-state index contributed by atoms with van der Waals surface area (Å²) < 4.78 is 30.0. The Kier molecular flexibility index (Phi) is 2.94. The minimum atomic E-state index is -0.634. The molecular weight excluding hydrogens is 278 g/mol. The van der Waals surface area contributed by atoms with Crippen molar-refractivity contribution in [2.75, 3.05) is 0 Å². The largest absolute Gasteiger partial charge is 0.330 e. The quantitative estimate of drug-likeness (QED) is 0.650. The summed E-state index contributed by atoms with van der Waals surface area (Å²) in [6.45, 7) is 3.54. The summed E-state index contributed by atoms with van der Waals surface area (Å²) in [5, 5.41) is 0. The molecule has 0 aliphatic rings. The lowest BCUT2D eigenvalue weighted by atomic mass is 10.2. The second-order valence-corrected chi connectivity index (χ2v) is 5.20. The number of halogens is 2. The highest BCUT2D eigenvalue weighted by Crippen LogP contribution is 2.26. The van der Waals surface area contributed by atoms with Gasteiger partial charge in [0.1, 0.15) is 11.5 Å². The highest BCUT2D eigenvalue weighted by atomic mass is 32.1. The van der Waals surface area contributed by atoms with E-state index >= 15 is 0 Å². The molecule has 2 nitrogen and oxygen atoms in total. The number of benzene rings is 2. The van der Waals surface area contributed by atoms with Gasteiger partial charge in [-0.05, 0) is 55.4 Å². The van der Waals surface area contributed by atoms with Crippen LogP contribution in [-0.2, 0) is 0 Å². The molecule has 1 N–H and O–H groups in total. The van der Waals surface area contributed by atoms with Gasteiger partial charge >= 0.3 is 0 Å². The molecule has 0 amide bonds. The average molecular weight is 290 g/mol. The number of fused-ring (bicyclic) bond motifs is 1. The molecule has 0 aliphatic carbocycles. The first-order chi connectivity index (χ1) is 9.49. The van der Waals surface area contributed by atoms with Gasteiger partial charge in [-0.25, -0.2) is 8.78 Å². The van der Waals surface area contributed by atoms with E-state index in [1.54, 1.807) is 13.0 Å². The van der Waals surface area contributed by atoms with E-state index in [0.29, 0.717) is 11.1 Å². The van der Waals surface area contributed by atoms with Gasteiger partial charge in [0.05, 0.1) is 11.0 Å². The maximum Gasteiger partial charge on any atom is 0.182 e. The molecule has 1 heterocycles. The van der Waals surface area contributed by atoms with Gasteiger partial charge in [-0.2, -0.15) is 0 Å². The number of nitrogens with one attached hydrogen (secondary N) is 1. The van der Waals surface area contributed by atoms with E-state index in [9.17, 15) is 8.78 Å². The van der Waals surface area contributed by atoms with Gasteiger partial charge in [0.2, 0.25) is 0 Å². The summed E-state index contributed by atoms with van der Waals surface area (Å²) in [6.07, 6.45) is 0. The molecule has 0 bridgehead atoms. The lowest BCUT2D eigenvalue weighted by molar-refractivity contribution is 0.564. The van der Waals surface area contributed by atoms with Gasteiger partial charge in [0, 0.05) is 0 Å². The molecule has 0 aliphatic heterocycles. The molecule has 102 valence electrons. The number of aromatic nitrogens is 2. The predicted molar refractivity (Wildman–Crippen MR) is 77.8 cm³/mol. The molecule has 0 unspecified atom stereocenters. The Balaban J connectivity index is 2.44. The Labute approximate surface area is 119 Å². The molecule has 1 aromatic heterocycles. The monoisotopic (exact) mass is 290 g/mol. The third-order valence-corrected chi connectivity index (χ3v) is 3.61. The van der Waals surface area contributed by atoms with E-state index in [1.807, 2.05) is 19.1 Å². The molecule has 3 rings (SSSR count). The van der Waals surface area contributed by atoms with E-state index in [-0.39, 0.29) is 10.5 Å². The molecule has 0 radical (unpaired) electrons. The van der Waals surface area contributed by atoms with Crippen molar-refractivity contribution in [3.8, 4) is 5.69 Å².